The van der Waals surface area contributed by atoms with Crippen LogP contribution in [0.1, 0.15) is 310 Å². The van der Waals surface area contributed by atoms with Crippen LogP contribution < -0.4 is 15.3 Å². The van der Waals surface area contributed by atoms with Gasteiger partial charge < -0.3 is 45.0 Å². The number of hydrogen-bond donors (Lipinski definition) is 3. The molecule has 0 amide bonds. The van der Waals surface area contributed by atoms with Crippen molar-refractivity contribution in [2.45, 2.75) is 328 Å². The molecule has 10 heteroatoms. The summed E-state index contributed by atoms with van der Waals surface area (Å²) in [7, 11) is 0. The number of rotatable bonds is 48. The summed E-state index contributed by atoms with van der Waals surface area (Å²) in [5, 5.41) is 60.2. The van der Waals surface area contributed by atoms with Crippen LogP contribution in [0.15, 0.2) is 0 Å². The molecular formula is C54H105AlO9-3. The van der Waals surface area contributed by atoms with Crippen molar-refractivity contribution in [1.29, 1.82) is 0 Å². The Bertz CT molecular complexity index is 807. The Morgan fingerprint density at radius 1 is 0.281 bits per heavy atom. The molecule has 0 aromatic heterocycles. The number of aliphatic hydroxyl groups is 3. The molecule has 0 spiro atoms. The van der Waals surface area contributed by atoms with Crippen LogP contribution in [0, 0.1) is 0 Å². The smallest absolute Gasteiger partial charge is 0.0540 e. The fourth-order valence-corrected chi connectivity index (χ4v) is 7.98. The van der Waals surface area contributed by atoms with E-state index in [1.165, 1.54) is 154 Å². The highest BCUT2D eigenvalue weighted by atomic mass is 27.0. The fraction of sp³-hybridized carbons (Fsp3) is 0.944. The van der Waals surface area contributed by atoms with E-state index in [1.54, 1.807) is 0 Å². The maximum Gasteiger partial charge on any atom is 0.0540 e. The van der Waals surface area contributed by atoms with Crippen LogP contribution in [0.5, 0.6) is 0 Å². The molecule has 0 fully saturated rings. The molecule has 3 unspecified atom stereocenters. The summed E-state index contributed by atoms with van der Waals surface area (Å²) in [6.07, 6.45) is 47.8. The molecule has 0 rings (SSSR count). The normalized spacial score (nSPS) is 12.3. The predicted molar refractivity (Wildman–Crippen MR) is 264 cm³/mol. The third-order valence-corrected chi connectivity index (χ3v) is 12.2. The molecule has 0 saturated carbocycles. The van der Waals surface area contributed by atoms with Crippen molar-refractivity contribution in [3.8, 4) is 0 Å². The van der Waals surface area contributed by atoms with E-state index < -0.39 is 17.9 Å². The van der Waals surface area contributed by atoms with Crippen LogP contribution in [0.3, 0.4) is 0 Å². The van der Waals surface area contributed by atoms with Crippen LogP contribution in [0.25, 0.3) is 0 Å². The Kier molecular flexibility index (Phi) is 64.9. The van der Waals surface area contributed by atoms with Gasteiger partial charge in [0.25, 0.3) is 0 Å². The summed E-state index contributed by atoms with van der Waals surface area (Å²) in [5.41, 5.74) is 0. The number of aliphatic hydroxyl groups excluding tert-OH is 3. The molecule has 3 atom stereocenters. The monoisotopic (exact) mass is 925 g/mol. The number of carbonyl (C=O) groups is 3. The number of hydrogen-bond acceptors (Lipinski definition) is 9. The van der Waals surface area contributed by atoms with E-state index in [-0.39, 0.29) is 54.9 Å². The first-order valence-corrected chi connectivity index (χ1v) is 27.1. The minimum atomic E-state index is -0.928. The number of carboxylic acids is 3. The Labute approximate surface area is 406 Å². The third kappa shape index (κ3) is 69.9. The molecule has 0 aliphatic carbocycles. The minimum absolute atomic E-state index is 0. The highest BCUT2D eigenvalue weighted by Crippen LogP contribution is 2.17. The van der Waals surface area contributed by atoms with Gasteiger partial charge in [0, 0.05) is 35.3 Å². The second-order valence-electron chi connectivity index (χ2n) is 18.7. The lowest BCUT2D eigenvalue weighted by atomic mass is 10.0. The number of unbranched alkanes of at least 4 members (excludes halogenated alkanes) is 30. The first kappa shape index (κ1) is 69.4. The van der Waals surface area contributed by atoms with Crippen molar-refractivity contribution in [3.63, 3.8) is 0 Å². The minimum Gasteiger partial charge on any atom is -0.550 e. The third-order valence-electron chi connectivity index (χ3n) is 12.2. The number of carboxylic acid groups (broad SMARTS) is 3. The molecule has 9 nitrogen and oxygen atoms in total. The maximum absolute atomic E-state index is 10.2. The van der Waals surface area contributed by atoms with E-state index in [9.17, 15) is 45.0 Å². The summed E-state index contributed by atoms with van der Waals surface area (Å²) in [5.74, 6) is -2.78. The van der Waals surface area contributed by atoms with E-state index in [0.29, 0.717) is 0 Å². The van der Waals surface area contributed by atoms with Gasteiger partial charge in [0.1, 0.15) is 0 Å². The molecule has 0 heterocycles. The van der Waals surface area contributed by atoms with Gasteiger partial charge in [0.2, 0.25) is 0 Å². The zero-order valence-electron chi connectivity index (χ0n) is 42.4. The van der Waals surface area contributed by atoms with Crippen molar-refractivity contribution in [3.05, 3.63) is 0 Å². The molecule has 0 aliphatic rings. The molecule has 3 N–H and O–H groups in total. The maximum atomic E-state index is 10.2. The first-order valence-electron chi connectivity index (χ1n) is 27.1. The van der Waals surface area contributed by atoms with Gasteiger partial charge in [-0.2, -0.15) is 0 Å². The molecule has 0 aromatic rings. The average Bonchev–Trinajstić information content (AvgIpc) is 3.24. The standard InChI is InChI=1S/3C18H36O3.Al/c3*1-2-3-4-11-14-17(19)15-12-9-7-5-6-8-10-13-16-18(20)21;/h3*17,19H,2-16H2,1H3,(H,20,21);/p-3. The van der Waals surface area contributed by atoms with Crippen molar-refractivity contribution in [2.75, 3.05) is 0 Å². The van der Waals surface area contributed by atoms with Crippen molar-refractivity contribution < 1.29 is 45.0 Å². The van der Waals surface area contributed by atoms with Crippen LogP contribution in [-0.4, -0.2) is 68.9 Å². The Hall–Kier alpha value is -1.18. The summed E-state index contributed by atoms with van der Waals surface area (Å²) in [6, 6.07) is 0. The fourth-order valence-electron chi connectivity index (χ4n) is 7.98. The molecule has 381 valence electrons. The highest BCUT2D eigenvalue weighted by Gasteiger charge is 2.06. The summed E-state index contributed by atoms with van der Waals surface area (Å²) < 4.78 is 0. The van der Waals surface area contributed by atoms with Gasteiger partial charge in [-0.05, 0) is 77.0 Å². The van der Waals surface area contributed by atoms with Gasteiger partial charge in [-0.3, -0.25) is 0 Å². The lowest BCUT2D eigenvalue weighted by Crippen LogP contribution is -2.21. The average molecular weight is 925 g/mol. The molecule has 0 aliphatic heterocycles. The Morgan fingerprint density at radius 3 is 0.578 bits per heavy atom. The summed E-state index contributed by atoms with van der Waals surface area (Å²) in [4.78, 5) is 30.7. The quantitative estimate of drug-likeness (QED) is 0.0395. The van der Waals surface area contributed by atoms with Crippen LogP contribution in [0.4, 0.5) is 0 Å². The van der Waals surface area contributed by atoms with Crippen LogP contribution in [0.2, 0.25) is 0 Å². The van der Waals surface area contributed by atoms with Gasteiger partial charge >= 0.3 is 0 Å². The Balaban J connectivity index is -0.000000419. The molecule has 64 heavy (non-hydrogen) atoms. The molecule has 3 radical (unpaired) electrons. The van der Waals surface area contributed by atoms with Crippen LogP contribution in [-0.2, 0) is 14.4 Å². The van der Waals surface area contributed by atoms with Crippen molar-refractivity contribution >= 4 is 35.3 Å². The van der Waals surface area contributed by atoms with Crippen molar-refractivity contribution in [1.82, 2.24) is 0 Å². The van der Waals surface area contributed by atoms with Gasteiger partial charge in [-0.25, -0.2) is 0 Å². The predicted octanol–water partition coefficient (Wildman–Crippen LogP) is 11.5. The first-order chi connectivity index (χ1) is 30.5. The Morgan fingerprint density at radius 2 is 0.422 bits per heavy atom. The lowest BCUT2D eigenvalue weighted by Gasteiger charge is -2.10. The van der Waals surface area contributed by atoms with Gasteiger partial charge in [0.15, 0.2) is 0 Å². The summed E-state index contributed by atoms with van der Waals surface area (Å²) in [6.45, 7) is 6.62. The van der Waals surface area contributed by atoms with Gasteiger partial charge in [0.05, 0.1) is 18.3 Å². The zero-order valence-corrected chi connectivity index (χ0v) is 43.6. The van der Waals surface area contributed by atoms with Gasteiger partial charge in [-0.15, -0.1) is 0 Å². The van der Waals surface area contributed by atoms with E-state index >= 15 is 0 Å². The largest absolute Gasteiger partial charge is 0.550 e. The molecule has 0 bridgehead atoms. The van der Waals surface area contributed by atoms with Gasteiger partial charge in [-0.1, -0.05) is 233 Å². The van der Waals surface area contributed by atoms with E-state index in [0.717, 1.165) is 116 Å². The summed E-state index contributed by atoms with van der Waals surface area (Å²) >= 11 is 0. The molecular weight excluding hydrogens is 820 g/mol. The number of aliphatic carboxylic acids is 3. The van der Waals surface area contributed by atoms with Crippen LogP contribution >= 0.6 is 0 Å². The van der Waals surface area contributed by atoms with E-state index in [1.807, 2.05) is 0 Å². The zero-order chi connectivity index (χ0) is 47.3. The van der Waals surface area contributed by atoms with E-state index in [2.05, 4.69) is 20.8 Å². The lowest BCUT2D eigenvalue weighted by molar-refractivity contribution is -0.307. The topological polar surface area (TPSA) is 181 Å². The van der Waals surface area contributed by atoms with E-state index in [4.69, 9.17) is 0 Å². The molecule has 0 aromatic carbocycles. The second kappa shape index (κ2) is 59.8. The SMILES string of the molecule is CCCCCCC(O)CCCCCCCCCCC(=O)[O-].CCCCCCC(O)CCCCCCCCCCC(=O)[O-].CCCCCCC(O)CCCCCCCCCCC(=O)[O-].[Al]. The van der Waals surface area contributed by atoms with Crippen molar-refractivity contribution in [2.24, 2.45) is 0 Å². The highest BCUT2D eigenvalue weighted by molar-refractivity contribution is 5.75. The second-order valence-corrected chi connectivity index (χ2v) is 18.7. The number of carbonyl (C=O) groups excluding carboxylic acids is 3. The molecule has 0 saturated heterocycles.